The maximum absolute atomic E-state index is 6.18. The Labute approximate surface area is 98.8 Å². The summed E-state index contributed by atoms with van der Waals surface area (Å²) in [6.45, 7) is 1.93. The summed E-state index contributed by atoms with van der Waals surface area (Å²) in [5, 5.41) is 8.92. The Kier molecular flexibility index (Phi) is 2.73. The van der Waals surface area contributed by atoms with Gasteiger partial charge in [-0.25, -0.2) is 0 Å². The Hall–Kier alpha value is -1.33. The molecule has 0 aliphatic heterocycles. The Morgan fingerprint density at radius 1 is 1.44 bits per heavy atom. The van der Waals surface area contributed by atoms with Gasteiger partial charge in [-0.1, -0.05) is 11.6 Å². The van der Waals surface area contributed by atoms with Crippen LogP contribution >= 0.6 is 11.6 Å². The summed E-state index contributed by atoms with van der Waals surface area (Å²) in [7, 11) is 3.70. The molecule has 2 rings (SSSR count). The van der Waals surface area contributed by atoms with Gasteiger partial charge in [0, 0.05) is 25.9 Å². The zero-order chi connectivity index (χ0) is 11.9. The molecule has 0 spiro atoms. The second kappa shape index (κ2) is 3.92. The predicted octanol–water partition coefficient (Wildman–Crippen LogP) is 1.16. The van der Waals surface area contributed by atoms with Gasteiger partial charge in [0.25, 0.3) is 0 Å². The molecule has 0 saturated heterocycles. The minimum absolute atomic E-state index is 0.298. The lowest BCUT2D eigenvalue weighted by molar-refractivity contribution is 0.671. The maximum Gasteiger partial charge on any atom is 0.0837 e. The quantitative estimate of drug-likeness (QED) is 0.856. The molecule has 2 aromatic heterocycles. The summed E-state index contributed by atoms with van der Waals surface area (Å²) in [5.74, 6) is 0. The van der Waals surface area contributed by atoms with E-state index in [1.54, 1.807) is 15.6 Å². The minimum Gasteiger partial charge on any atom is -0.319 e. The van der Waals surface area contributed by atoms with E-state index in [9.17, 15) is 0 Å². The molecule has 0 amide bonds. The number of nitrogens with two attached hydrogens (primary N) is 1. The Balaban J connectivity index is 2.46. The molecular formula is C10H14ClN5. The van der Waals surface area contributed by atoms with Crippen molar-refractivity contribution < 1.29 is 0 Å². The van der Waals surface area contributed by atoms with Crippen molar-refractivity contribution in [3.05, 3.63) is 34.4 Å². The smallest absolute Gasteiger partial charge is 0.0837 e. The van der Waals surface area contributed by atoms with Crippen LogP contribution in [0.2, 0.25) is 5.02 Å². The molecule has 86 valence electrons. The number of halogens is 1. The minimum atomic E-state index is -0.298. The molecule has 0 fully saturated rings. The highest BCUT2D eigenvalue weighted by atomic mass is 35.5. The fourth-order valence-electron chi connectivity index (χ4n) is 1.84. The van der Waals surface area contributed by atoms with Crippen LogP contribution in [0.1, 0.15) is 23.0 Å². The fourth-order valence-corrected chi connectivity index (χ4v) is 2.12. The molecule has 0 saturated carbocycles. The van der Waals surface area contributed by atoms with E-state index in [2.05, 4.69) is 10.2 Å². The molecule has 1 unspecified atom stereocenters. The Morgan fingerprint density at radius 3 is 2.56 bits per heavy atom. The third kappa shape index (κ3) is 1.72. The van der Waals surface area contributed by atoms with Crippen LogP contribution < -0.4 is 5.73 Å². The first kappa shape index (κ1) is 11.2. The first-order valence-corrected chi connectivity index (χ1v) is 5.31. The molecule has 6 heteroatoms. The van der Waals surface area contributed by atoms with Gasteiger partial charge in [-0.3, -0.25) is 9.36 Å². The summed E-state index contributed by atoms with van der Waals surface area (Å²) in [4.78, 5) is 0. The van der Waals surface area contributed by atoms with Gasteiger partial charge in [0.2, 0.25) is 0 Å². The SMILES string of the molecule is Cc1nn(C)cc1C(N)c1c(Cl)cnn1C. The van der Waals surface area contributed by atoms with Crippen molar-refractivity contribution in [1.29, 1.82) is 0 Å². The topological polar surface area (TPSA) is 61.7 Å². The summed E-state index contributed by atoms with van der Waals surface area (Å²) in [5.41, 5.74) is 8.86. The van der Waals surface area contributed by atoms with Crippen molar-refractivity contribution in [3.63, 3.8) is 0 Å². The highest BCUT2D eigenvalue weighted by molar-refractivity contribution is 6.31. The van der Waals surface area contributed by atoms with Crippen LogP contribution in [0.5, 0.6) is 0 Å². The van der Waals surface area contributed by atoms with Crippen LogP contribution in [-0.4, -0.2) is 19.6 Å². The van der Waals surface area contributed by atoms with Crippen molar-refractivity contribution >= 4 is 11.6 Å². The molecule has 16 heavy (non-hydrogen) atoms. The first-order valence-electron chi connectivity index (χ1n) is 4.94. The van der Waals surface area contributed by atoms with Crippen LogP contribution in [0.25, 0.3) is 0 Å². The van der Waals surface area contributed by atoms with Gasteiger partial charge in [0.15, 0.2) is 0 Å². The van der Waals surface area contributed by atoms with E-state index in [0.717, 1.165) is 17.0 Å². The second-order valence-corrected chi connectivity index (χ2v) is 4.23. The molecule has 0 aliphatic rings. The van der Waals surface area contributed by atoms with Gasteiger partial charge in [-0.15, -0.1) is 0 Å². The van der Waals surface area contributed by atoms with Gasteiger partial charge < -0.3 is 5.73 Å². The van der Waals surface area contributed by atoms with Crippen LogP contribution in [-0.2, 0) is 14.1 Å². The number of aryl methyl sites for hydroxylation is 3. The average Bonchev–Trinajstić information content (AvgIpc) is 2.70. The highest BCUT2D eigenvalue weighted by Gasteiger charge is 2.20. The van der Waals surface area contributed by atoms with Crippen LogP contribution in [0, 0.1) is 6.92 Å². The molecule has 0 bridgehead atoms. The van der Waals surface area contributed by atoms with E-state index >= 15 is 0 Å². The van der Waals surface area contributed by atoms with Crippen LogP contribution in [0.15, 0.2) is 12.4 Å². The highest BCUT2D eigenvalue weighted by Crippen LogP contribution is 2.26. The lowest BCUT2D eigenvalue weighted by Gasteiger charge is -2.11. The fraction of sp³-hybridized carbons (Fsp3) is 0.400. The Bertz CT molecular complexity index is 494. The maximum atomic E-state index is 6.18. The van der Waals surface area contributed by atoms with Gasteiger partial charge in [-0.2, -0.15) is 10.2 Å². The third-order valence-corrected chi connectivity index (χ3v) is 2.91. The zero-order valence-electron chi connectivity index (χ0n) is 9.48. The third-order valence-electron chi connectivity index (χ3n) is 2.62. The van der Waals surface area contributed by atoms with Gasteiger partial charge in [0.1, 0.15) is 0 Å². The molecular weight excluding hydrogens is 226 g/mol. The monoisotopic (exact) mass is 239 g/mol. The summed E-state index contributed by atoms with van der Waals surface area (Å²) in [6, 6.07) is -0.298. The van der Waals surface area contributed by atoms with Crippen molar-refractivity contribution in [2.45, 2.75) is 13.0 Å². The van der Waals surface area contributed by atoms with E-state index in [4.69, 9.17) is 17.3 Å². The summed E-state index contributed by atoms with van der Waals surface area (Å²) in [6.07, 6.45) is 3.51. The molecule has 2 aromatic rings. The number of hydrogen-bond acceptors (Lipinski definition) is 3. The van der Waals surface area contributed by atoms with E-state index in [1.165, 1.54) is 0 Å². The van der Waals surface area contributed by atoms with E-state index in [0.29, 0.717) is 5.02 Å². The van der Waals surface area contributed by atoms with E-state index < -0.39 is 0 Å². The van der Waals surface area contributed by atoms with Crippen molar-refractivity contribution in [1.82, 2.24) is 19.6 Å². The van der Waals surface area contributed by atoms with Crippen molar-refractivity contribution in [2.24, 2.45) is 19.8 Å². The zero-order valence-corrected chi connectivity index (χ0v) is 10.2. The molecule has 1 atom stereocenters. The molecule has 0 aliphatic carbocycles. The van der Waals surface area contributed by atoms with Crippen LogP contribution in [0.4, 0.5) is 0 Å². The number of rotatable bonds is 2. The van der Waals surface area contributed by atoms with E-state index in [-0.39, 0.29) is 6.04 Å². The molecule has 0 aromatic carbocycles. The number of nitrogens with zero attached hydrogens (tertiary/aromatic N) is 4. The average molecular weight is 240 g/mol. The molecule has 0 radical (unpaired) electrons. The van der Waals surface area contributed by atoms with E-state index in [1.807, 2.05) is 27.2 Å². The second-order valence-electron chi connectivity index (χ2n) is 3.82. The van der Waals surface area contributed by atoms with Gasteiger partial charge in [0.05, 0.1) is 28.6 Å². The summed E-state index contributed by atoms with van der Waals surface area (Å²) >= 11 is 6.06. The standard InChI is InChI=1S/C10H14ClN5/c1-6-7(5-15(2)14-6)9(12)10-8(11)4-13-16(10)3/h4-5,9H,12H2,1-3H3. The summed E-state index contributed by atoms with van der Waals surface area (Å²) < 4.78 is 3.44. The molecule has 5 nitrogen and oxygen atoms in total. The first-order chi connectivity index (χ1) is 7.50. The number of aromatic nitrogens is 4. The van der Waals surface area contributed by atoms with Crippen molar-refractivity contribution in [3.8, 4) is 0 Å². The lowest BCUT2D eigenvalue weighted by atomic mass is 10.1. The normalized spacial score (nSPS) is 13.1. The Morgan fingerprint density at radius 2 is 2.12 bits per heavy atom. The van der Waals surface area contributed by atoms with Gasteiger partial charge >= 0.3 is 0 Å². The molecule has 2 N–H and O–H groups in total. The molecule has 2 heterocycles. The number of hydrogen-bond donors (Lipinski definition) is 1. The lowest BCUT2D eigenvalue weighted by Crippen LogP contribution is -2.16. The van der Waals surface area contributed by atoms with Gasteiger partial charge in [-0.05, 0) is 6.92 Å². The predicted molar refractivity (Wildman–Crippen MR) is 62.2 cm³/mol. The van der Waals surface area contributed by atoms with Crippen LogP contribution in [0.3, 0.4) is 0 Å². The van der Waals surface area contributed by atoms with Crippen molar-refractivity contribution in [2.75, 3.05) is 0 Å². The largest absolute Gasteiger partial charge is 0.319 e.